The summed E-state index contributed by atoms with van der Waals surface area (Å²) in [6, 6.07) is 18.2. The van der Waals surface area contributed by atoms with Crippen molar-refractivity contribution in [2.24, 2.45) is 0 Å². The Kier molecular flexibility index (Phi) is 9.02. The van der Waals surface area contributed by atoms with Crippen molar-refractivity contribution in [1.29, 1.82) is 0 Å². The summed E-state index contributed by atoms with van der Waals surface area (Å²) in [6.45, 7) is 0. The van der Waals surface area contributed by atoms with Crippen molar-refractivity contribution in [3.8, 4) is 0 Å². The van der Waals surface area contributed by atoms with E-state index in [1.54, 1.807) is 60.7 Å². The van der Waals surface area contributed by atoms with Crippen LogP contribution in [0.2, 0.25) is 0 Å². The van der Waals surface area contributed by atoms with Crippen LogP contribution in [-0.4, -0.2) is 42.1 Å². The summed E-state index contributed by atoms with van der Waals surface area (Å²) in [6.07, 6.45) is -7.10. The lowest BCUT2D eigenvalue weighted by Crippen LogP contribution is -2.51. The number of rotatable bonds is 9. The molecule has 0 aliphatic carbocycles. The fourth-order valence-corrected chi connectivity index (χ4v) is 3.76. The van der Waals surface area contributed by atoms with Gasteiger partial charge in [-0.25, -0.2) is 4.79 Å². The molecule has 0 saturated heterocycles. The molecule has 3 N–H and O–H groups in total. The van der Waals surface area contributed by atoms with Crippen LogP contribution >= 0.6 is 0 Å². The van der Waals surface area contributed by atoms with Crippen molar-refractivity contribution in [3.05, 3.63) is 107 Å². The Hall–Kier alpha value is -4.18. The molecule has 0 aliphatic heterocycles. The van der Waals surface area contributed by atoms with E-state index in [-0.39, 0.29) is 11.1 Å². The number of amides is 2. The molecule has 3 aromatic carbocycles. The Morgan fingerprint density at radius 1 is 0.865 bits per heavy atom. The first-order valence-electron chi connectivity index (χ1n) is 11.2. The van der Waals surface area contributed by atoms with Crippen LogP contribution in [-0.2, 0) is 26.9 Å². The predicted molar refractivity (Wildman–Crippen MR) is 128 cm³/mol. The molecular weight excluding hydrogens is 489 g/mol. The van der Waals surface area contributed by atoms with Crippen LogP contribution in [0.3, 0.4) is 0 Å². The number of hydrogen-bond acceptors (Lipinski definition) is 5. The average Bonchev–Trinajstić information content (AvgIpc) is 2.91. The van der Waals surface area contributed by atoms with Gasteiger partial charge >= 0.3 is 12.1 Å². The molecule has 0 aliphatic rings. The van der Waals surface area contributed by atoms with Gasteiger partial charge in [-0.1, -0.05) is 66.7 Å². The smallest absolute Gasteiger partial charge is 0.416 e. The lowest BCUT2D eigenvalue weighted by atomic mass is 9.97. The monoisotopic (exact) mass is 514 g/mol. The molecule has 37 heavy (non-hydrogen) atoms. The minimum Gasteiger partial charge on any atom is -0.467 e. The van der Waals surface area contributed by atoms with Crippen LogP contribution in [0, 0.1) is 0 Å². The van der Waals surface area contributed by atoms with Crippen LogP contribution in [0.25, 0.3) is 0 Å². The number of aliphatic hydroxyl groups excluding tert-OH is 1. The fourth-order valence-electron chi connectivity index (χ4n) is 3.76. The third-order valence-corrected chi connectivity index (χ3v) is 5.61. The lowest BCUT2D eigenvalue weighted by molar-refractivity contribution is -0.147. The summed E-state index contributed by atoms with van der Waals surface area (Å²) in [5, 5.41) is 15.8. The number of nitrogens with one attached hydrogen (secondary N) is 2. The van der Waals surface area contributed by atoms with Gasteiger partial charge in [0.2, 0.25) is 0 Å². The van der Waals surface area contributed by atoms with Crippen LogP contribution in [0.4, 0.5) is 13.2 Å². The number of ether oxygens (including phenoxy) is 1. The normalized spacial score (nSPS) is 13.6. The summed E-state index contributed by atoms with van der Waals surface area (Å²) in [7, 11) is 1.03. The zero-order valence-corrected chi connectivity index (χ0v) is 19.7. The second-order valence-corrected chi connectivity index (χ2v) is 8.12. The lowest BCUT2D eigenvalue weighted by Gasteiger charge is -2.26. The molecule has 0 unspecified atom stereocenters. The molecule has 3 atom stereocenters. The van der Waals surface area contributed by atoms with E-state index >= 15 is 0 Å². The van der Waals surface area contributed by atoms with Crippen molar-refractivity contribution >= 4 is 17.8 Å². The number of aliphatic hydroxyl groups is 1. The van der Waals surface area contributed by atoms with Crippen molar-refractivity contribution in [2.45, 2.75) is 30.8 Å². The second kappa shape index (κ2) is 12.2. The maximum Gasteiger partial charge on any atom is 0.416 e. The molecule has 3 rings (SSSR count). The number of alkyl halides is 3. The van der Waals surface area contributed by atoms with Gasteiger partial charge in [0.15, 0.2) is 6.10 Å². The molecule has 0 bridgehead atoms. The first kappa shape index (κ1) is 27.4. The molecule has 0 aromatic heterocycles. The zero-order chi connectivity index (χ0) is 27.0. The molecule has 7 nitrogen and oxygen atoms in total. The number of esters is 1. The number of carbonyl (C=O) groups excluding carboxylic acids is 3. The molecule has 2 amide bonds. The standard InChI is InChI=1S/C27H25F3N2O5/c1-37-26(36)21(16-19-14-8-9-15-20(19)27(28,29)30)31-25(35)23(33)22(17-10-4-2-5-11-17)32-24(34)18-12-6-3-7-13-18/h2-15,21-23,33H,16H2,1H3,(H,31,35)(H,32,34)/t21-,22-,23+/m0/s1. The predicted octanol–water partition coefficient (Wildman–Crippen LogP) is 3.44. The van der Waals surface area contributed by atoms with Crippen LogP contribution in [0.15, 0.2) is 84.9 Å². The van der Waals surface area contributed by atoms with Gasteiger partial charge in [-0.3, -0.25) is 9.59 Å². The largest absolute Gasteiger partial charge is 0.467 e. The first-order valence-corrected chi connectivity index (χ1v) is 11.2. The Bertz CT molecular complexity index is 1220. The quantitative estimate of drug-likeness (QED) is 0.380. The van der Waals surface area contributed by atoms with Gasteiger partial charge in [-0.2, -0.15) is 13.2 Å². The van der Waals surface area contributed by atoms with E-state index in [9.17, 15) is 32.7 Å². The Morgan fingerprint density at radius 3 is 2.03 bits per heavy atom. The van der Waals surface area contributed by atoms with Gasteiger partial charge in [0.1, 0.15) is 6.04 Å². The zero-order valence-electron chi connectivity index (χ0n) is 19.7. The van der Waals surface area contributed by atoms with E-state index < -0.39 is 54.1 Å². The van der Waals surface area contributed by atoms with Crippen LogP contribution in [0.1, 0.15) is 33.1 Å². The third-order valence-electron chi connectivity index (χ3n) is 5.61. The van der Waals surface area contributed by atoms with Crippen molar-refractivity contribution in [3.63, 3.8) is 0 Å². The van der Waals surface area contributed by atoms with Crippen LogP contribution in [0.5, 0.6) is 0 Å². The van der Waals surface area contributed by atoms with Gasteiger partial charge in [-0.15, -0.1) is 0 Å². The maximum atomic E-state index is 13.4. The molecule has 0 radical (unpaired) electrons. The van der Waals surface area contributed by atoms with Gasteiger partial charge < -0.3 is 20.5 Å². The molecule has 10 heteroatoms. The van der Waals surface area contributed by atoms with Gasteiger partial charge in [0.25, 0.3) is 11.8 Å². The topological polar surface area (TPSA) is 105 Å². The minimum atomic E-state index is -4.68. The van der Waals surface area contributed by atoms with Crippen molar-refractivity contribution < 1.29 is 37.4 Å². The highest BCUT2D eigenvalue weighted by Crippen LogP contribution is 2.32. The Balaban J connectivity index is 1.85. The highest BCUT2D eigenvalue weighted by atomic mass is 19.4. The number of methoxy groups -OCH3 is 1. The summed E-state index contributed by atoms with van der Waals surface area (Å²) < 4.78 is 45.0. The van der Waals surface area contributed by atoms with Crippen molar-refractivity contribution in [2.75, 3.05) is 7.11 Å². The SMILES string of the molecule is COC(=O)[C@H](Cc1ccccc1C(F)(F)F)NC(=O)[C@H](O)[C@@H](NC(=O)c1ccccc1)c1ccccc1. The first-order chi connectivity index (χ1) is 17.6. The Labute approximate surface area is 211 Å². The molecule has 0 heterocycles. The maximum absolute atomic E-state index is 13.4. The molecule has 0 saturated carbocycles. The summed E-state index contributed by atoms with van der Waals surface area (Å²) in [5.74, 6) is -2.64. The fraction of sp³-hybridized carbons (Fsp3) is 0.222. The molecular formula is C27H25F3N2O5. The van der Waals surface area contributed by atoms with Gasteiger partial charge in [0, 0.05) is 12.0 Å². The van der Waals surface area contributed by atoms with E-state index in [0.29, 0.717) is 5.56 Å². The molecule has 194 valence electrons. The summed E-state index contributed by atoms with van der Waals surface area (Å²) in [4.78, 5) is 38.2. The highest BCUT2D eigenvalue weighted by molar-refractivity contribution is 5.95. The number of carbonyl (C=O) groups is 3. The van der Waals surface area contributed by atoms with Gasteiger partial charge in [0.05, 0.1) is 18.7 Å². The average molecular weight is 515 g/mol. The van der Waals surface area contributed by atoms with Gasteiger partial charge in [-0.05, 0) is 29.3 Å². The molecule has 0 spiro atoms. The van der Waals surface area contributed by atoms with Crippen molar-refractivity contribution in [1.82, 2.24) is 10.6 Å². The van der Waals surface area contributed by atoms with E-state index in [1.165, 1.54) is 18.2 Å². The third kappa shape index (κ3) is 7.17. The number of benzene rings is 3. The molecule has 3 aromatic rings. The van der Waals surface area contributed by atoms with E-state index in [1.807, 2.05) is 0 Å². The van der Waals surface area contributed by atoms with E-state index in [0.717, 1.165) is 13.2 Å². The number of hydrogen-bond donors (Lipinski definition) is 3. The van der Waals surface area contributed by atoms with E-state index in [2.05, 4.69) is 15.4 Å². The summed E-state index contributed by atoms with van der Waals surface area (Å²) >= 11 is 0. The molecule has 0 fully saturated rings. The van der Waals surface area contributed by atoms with Crippen LogP contribution < -0.4 is 10.6 Å². The highest BCUT2D eigenvalue weighted by Gasteiger charge is 2.36. The number of halogens is 3. The summed E-state index contributed by atoms with van der Waals surface area (Å²) in [5.41, 5.74) is -0.521. The minimum absolute atomic E-state index is 0.239. The van der Waals surface area contributed by atoms with E-state index in [4.69, 9.17) is 0 Å². The Morgan fingerprint density at radius 2 is 1.43 bits per heavy atom. The second-order valence-electron chi connectivity index (χ2n) is 8.12.